The summed E-state index contributed by atoms with van der Waals surface area (Å²) in [5, 5.41) is 3.96. The molecule has 0 saturated heterocycles. The van der Waals surface area contributed by atoms with Gasteiger partial charge in [-0.15, -0.1) is 11.6 Å². The number of nitrogens with zero attached hydrogens (tertiary/aromatic N) is 3. The number of hydrogen-bond acceptors (Lipinski definition) is 2. The highest BCUT2D eigenvalue weighted by molar-refractivity contribution is 6.32. The maximum atomic E-state index is 12.4. The van der Waals surface area contributed by atoms with Gasteiger partial charge in [0.05, 0.1) is 16.8 Å². The van der Waals surface area contributed by atoms with E-state index >= 15 is 0 Å². The Kier molecular flexibility index (Phi) is 3.49. The molecule has 0 saturated carbocycles. The number of aromatic nitrogens is 3. The Balaban J connectivity index is 2.40. The molecule has 2 aromatic heterocycles. The molecule has 18 heavy (non-hydrogen) atoms. The van der Waals surface area contributed by atoms with E-state index in [1.54, 1.807) is 0 Å². The SMILES string of the molecule is FC(F)(F)c1cnn(-c2cc(CCl)c(Cl)cn2)c1. The molecule has 96 valence electrons. The first-order valence-corrected chi connectivity index (χ1v) is 5.65. The van der Waals surface area contributed by atoms with E-state index in [9.17, 15) is 13.2 Å². The molecule has 0 aliphatic heterocycles. The monoisotopic (exact) mass is 295 g/mol. The van der Waals surface area contributed by atoms with Crippen molar-refractivity contribution in [2.75, 3.05) is 0 Å². The van der Waals surface area contributed by atoms with E-state index in [1.165, 1.54) is 12.3 Å². The summed E-state index contributed by atoms with van der Waals surface area (Å²) in [6.45, 7) is 0. The smallest absolute Gasteiger partial charge is 0.236 e. The zero-order chi connectivity index (χ0) is 13.3. The van der Waals surface area contributed by atoms with Crippen molar-refractivity contribution in [2.24, 2.45) is 0 Å². The Morgan fingerprint density at radius 3 is 2.56 bits per heavy atom. The van der Waals surface area contributed by atoms with Gasteiger partial charge in [-0.2, -0.15) is 18.3 Å². The molecule has 3 nitrogen and oxygen atoms in total. The molecule has 0 N–H and O–H groups in total. The second-order valence-electron chi connectivity index (χ2n) is 3.44. The van der Waals surface area contributed by atoms with Crippen LogP contribution in [0, 0.1) is 0 Å². The zero-order valence-corrected chi connectivity index (χ0v) is 10.3. The van der Waals surface area contributed by atoms with Gasteiger partial charge < -0.3 is 0 Å². The molecular weight excluding hydrogens is 290 g/mol. The van der Waals surface area contributed by atoms with Gasteiger partial charge in [0.15, 0.2) is 5.82 Å². The van der Waals surface area contributed by atoms with Gasteiger partial charge in [-0.3, -0.25) is 0 Å². The van der Waals surface area contributed by atoms with Crippen LogP contribution < -0.4 is 0 Å². The van der Waals surface area contributed by atoms with Gasteiger partial charge in [-0.05, 0) is 11.6 Å². The van der Waals surface area contributed by atoms with Crippen LogP contribution in [0.5, 0.6) is 0 Å². The number of hydrogen-bond donors (Lipinski definition) is 0. The van der Waals surface area contributed by atoms with Gasteiger partial charge in [0.25, 0.3) is 0 Å². The highest BCUT2D eigenvalue weighted by atomic mass is 35.5. The van der Waals surface area contributed by atoms with E-state index in [0.29, 0.717) is 10.6 Å². The average molecular weight is 296 g/mol. The van der Waals surface area contributed by atoms with Crippen LogP contribution in [0.3, 0.4) is 0 Å². The highest BCUT2D eigenvalue weighted by Crippen LogP contribution is 2.29. The summed E-state index contributed by atoms with van der Waals surface area (Å²) in [4.78, 5) is 3.90. The molecule has 0 unspecified atom stereocenters. The minimum atomic E-state index is -4.43. The van der Waals surface area contributed by atoms with Crippen molar-refractivity contribution in [3.8, 4) is 5.82 Å². The number of halogens is 5. The standard InChI is InChI=1S/C10H6Cl2F3N3/c11-2-6-1-9(16-4-8(6)12)18-5-7(3-17-18)10(13,14)15/h1,3-5H,2H2. The fraction of sp³-hybridized carbons (Fsp3) is 0.200. The molecule has 0 aliphatic carbocycles. The summed E-state index contributed by atoms with van der Waals surface area (Å²) in [6, 6.07) is 1.49. The number of pyridine rings is 1. The third-order valence-electron chi connectivity index (χ3n) is 2.21. The molecule has 0 radical (unpaired) electrons. The predicted molar refractivity (Wildman–Crippen MR) is 60.9 cm³/mol. The molecule has 0 bridgehead atoms. The molecule has 0 fully saturated rings. The number of rotatable bonds is 2. The maximum absolute atomic E-state index is 12.4. The second-order valence-corrected chi connectivity index (χ2v) is 4.11. The molecule has 0 atom stereocenters. The van der Waals surface area contributed by atoms with Crippen molar-refractivity contribution in [1.82, 2.24) is 14.8 Å². The average Bonchev–Trinajstić information content (AvgIpc) is 2.78. The second kappa shape index (κ2) is 4.78. The van der Waals surface area contributed by atoms with Crippen LogP contribution in [-0.4, -0.2) is 14.8 Å². The Labute approximate surface area is 110 Å². The van der Waals surface area contributed by atoms with Crippen LogP contribution in [0.1, 0.15) is 11.1 Å². The first-order chi connectivity index (χ1) is 8.41. The third kappa shape index (κ3) is 2.59. The topological polar surface area (TPSA) is 30.7 Å². The van der Waals surface area contributed by atoms with Gasteiger partial charge >= 0.3 is 6.18 Å². The van der Waals surface area contributed by atoms with Gasteiger partial charge in [0.1, 0.15) is 0 Å². The van der Waals surface area contributed by atoms with Crippen LogP contribution in [0.15, 0.2) is 24.7 Å². The van der Waals surface area contributed by atoms with Crippen LogP contribution >= 0.6 is 23.2 Å². The van der Waals surface area contributed by atoms with Crippen molar-refractivity contribution in [3.05, 3.63) is 40.8 Å². The Morgan fingerprint density at radius 2 is 2.00 bits per heavy atom. The van der Waals surface area contributed by atoms with E-state index in [4.69, 9.17) is 23.2 Å². The summed E-state index contributed by atoms with van der Waals surface area (Å²) < 4.78 is 38.3. The van der Waals surface area contributed by atoms with E-state index < -0.39 is 11.7 Å². The third-order valence-corrected chi connectivity index (χ3v) is 2.84. The van der Waals surface area contributed by atoms with Crippen molar-refractivity contribution in [1.29, 1.82) is 0 Å². The lowest BCUT2D eigenvalue weighted by Gasteiger charge is -2.04. The fourth-order valence-corrected chi connectivity index (χ4v) is 1.75. The van der Waals surface area contributed by atoms with Gasteiger partial charge in [-0.1, -0.05) is 11.6 Å². The van der Waals surface area contributed by atoms with Crippen LogP contribution in [0.4, 0.5) is 13.2 Å². The molecule has 0 amide bonds. The maximum Gasteiger partial charge on any atom is 0.419 e. The minimum absolute atomic E-state index is 0.141. The summed E-state index contributed by atoms with van der Waals surface area (Å²) in [5.41, 5.74) is -0.265. The zero-order valence-electron chi connectivity index (χ0n) is 8.75. The largest absolute Gasteiger partial charge is 0.419 e. The van der Waals surface area contributed by atoms with Crippen molar-refractivity contribution in [3.63, 3.8) is 0 Å². The summed E-state index contributed by atoms with van der Waals surface area (Å²) in [7, 11) is 0. The highest BCUT2D eigenvalue weighted by Gasteiger charge is 2.32. The first kappa shape index (κ1) is 13.2. The molecule has 2 rings (SSSR count). The van der Waals surface area contributed by atoms with Crippen molar-refractivity contribution >= 4 is 23.2 Å². The Hall–Kier alpha value is -1.27. The molecular formula is C10H6Cl2F3N3. The Bertz CT molecular complexity index is 566. The van der Waals surface area contributed by atoms with Crippen LogP contribution in [-0.2, 0) is 12.1 Å². The lowest BCUT2D eigenvalue weighted by molar-refractivity contribution is -0.137. The van der Waals surface area contributed by atoms with Gasteiger partial charge in [-0.25, -0.2) is 9.67 Å². The molecule has 8 heteroatoms. The lowest BCUT2D eigenvalue weighted by atomic mass is 10.3. The molecule has 2 aromatic rings. The van der Waals surface area contributed by atoms with E-state index in [2.05, 4.69) is 10.1 Å². The molecule has 2 heterocycles. The molecule has 0 spiro atoms. The van der Waals surface area contributed by atoms with Gasteiger partial charge in [0, 0.05) is 18.3 Å². The lowest BCUT2D eigenvalue weighted by Crippen LogP contribution is -2.03. The minimum Gasteiger partial charge on any atom is -0.236 e. The van der Waals surface area contributed by atoms with Crippen LogP contribution in [0.25, 0.3) is 5.82 Å². The van der Waals surface area contributed by atoms with Gasteiger partial charge in [0.2, 0.25) is 0 Å². The predicted octanol–water partition coefficient (Wildman–Crippen LogP) is 3.68. The van der Waals surface area contributed by atoms with Crippen molar-refractivity contribution in [2.45, 2.75) is 12.1 Å². The first-order valence-electron chi connectivity index (χ1n) is 4.74. The number of alkyl halides is 4. The molecule has 0 aromatic carbocycles. The summed E-state index contributed by atoms with van der Waals surface area (Å²) in [5.74, 6) is 0.368. The normalized spacial score (nSPS) is 11.8. The van der Waals surface area contributed by atoms with E-state index in [1.807, 2.05) is 0 Å². The van der Waals surface area contributed by atoms with E-state index in [0.717, 1.165) is 17.1 Å². The Morgan fingerprint density at radius 1 is 1.28 bits per heavy atom. The quantitative estimate of drug-likeness (QED) is 0.791. The summed E-state index contributed by atoms with van der Waals surface area (Å²) in [6.07, 6.45) is -1.52. The molecule has 0 aliphatic rings. The van der Waals surface area contributed by atoms with E-state index in [-0.39, 0.29) is 11.7 Å². The van der Waals surface area contributed by atoms with Crippen LogP contribution in [0.2, 0.25) is 5.02 Å². The fourth-order valence-electron chi connectivity index (χ4n) is 1.29. The van der Waals surface area contributed by atoms with Crippen molar-refractivity contribution < 1.29 is 13.2 Å². The summed E-state index contributed by atoms with van der Waals surface area (Å²) >= 11 is 11.5.